The lowest BCUT2D eigenvalue weighted by Gasteiger charge is -2.00. The van der Waals surface area contributed by atoms with Gasteiger partial charge in [-0.05, 0) is 18.6 Å². The zero-order valence-corrected chi connectivity index (χ0v) is 10.1. The Kier molecular flexibility index (Phi) is 10.7. The molecule has 3 heteroatoms. The van der Waals surface area contributed by atoms with Crippen LogP contribution in [0.25, 0.3) is 0 Å². The van der Waals surface area contributed by atoms with Gasteiger partial charge in [0.15, 0.2) is 0 Å². The molecule has 0 aliphatic carbocycles. The minimum atomic E-state index is -0.0671. The van der Waals surface area contributed by atoms with Gasteiger partial charge in [-0.2, -0.15) is 0 Å². The van der Waals surface area contributed by atoms with Crippen LogP contribution in [-0.2, 0) is 0 Å². The van der Waals surface area contributed by atoms with Gasteiger partial charge in [-0.15, -0.1) is 0 Å². The summed E-state index contributed by atoms with van der Waals surface area (Å²) in [6.07, 6.45) is 1.64. The van der Waals surface area contributed by atoms with Crippen molar-refractivity contribution in [1.82, 2.24) is 4.98 Å². The molecular formula is C11H22N2O. The summed E-state index contributed by atoms with van der Waals surface area (Å²) in [7, 11) is 1.73. The number of pyridine rings is 1. The SMILES string of the molecule is CC.CC.CNc1c(C)cc[nH]c1=O. The Morgan fingerprint density at radius 1 is 1.21 bits per heavy atom. The summed E-state index contributed by atoms with van der Waals surface area (Å²) in [6.45, 7) is 9.89. The van der Waals surface area contributed by atoms with E-state index in [2.05, 4.69) is 10.3 Å². The summed E-state index contributed by atoms with van der Waals surface area (Å²) >= 11 is 0. The van der Waals surface area contributed by atoms with Crippen LogP contribution in [0.2, 0.25) is 0 Å². The third kappa shape index (κ3) is 4.70. The molecule has 1 aromatic rings. The average Bonchev–Trinajstić information content (AvgIpc) is 2.24. The third-order valence-electron chi connectivity index (χ3n) is 1.42. The van der Waals surface area contributed by atoms with E-state index in [1.807, 2.05) is 40.7 Å². The Morgan fingerprint density at radius 2 is 1.71 bits per heavy atom. The van der Waals surface area contributed by atoms with Crippen molar-refractivity contribution in [3.8, 4) is 0 Å². The first kappa shape index (κ1) is 15.2. The first-order valence-electron chi connectivity index (χ1n) is 5.11. The fourth-order valence-corrected chi connectivity index (χ4v) is 0.888. The van der Waals surface area contributed by atoms with Crippen molar-refractivity contribution in [1.29, 1.82) is 0 Å². The highest BCUT2D eigenvalue weighted by atomic mass is 16.1. The number of nitrogens with one attached hydrogen (secondary N) is 2. The molecule has 0 atom stereocenters. The summed E-state index contributed by atoms with van der Waals surface area (Å²) in [5, 5.41) is 2.82. The molecule has 1 rings (SSSR count). The van der Waals surface area contributed by atoms with Crippen molar-refractivity contribution < 1.29 is 0 Å². The van der Waals surface area contributed by atoms with Crippen LogP contribution in [-0.4, -0.2) is 12.0 Å². The van der Waals surface area contributed by atoms with Crippen molar-refractivity contribution in [2.24, 2.45) is 0 Å². The van der Waals surface area contributed by atoms with Crippen LogP contribution < -0.4 is 10.9 Å². The molecule has 14 heavy (non-hydrogen) atoms. The van der Waals surface area contributed by atoms with E-state index < -0.39 is 0 Å². The van der Waals surface area contributed by atoms with Crippen molar-refractivity contribution in [3.05, 3.63) is 28.2 Å². The minimum Gasteiger partial charge on any atom is -0.383 e. The molecule has 0 bridgehead atoms. The smallest absolute Gasteiger partial charge is 0.271 e. The Morgan fingerprint density at radius 3 is 2.00 bits per heavy atom. The molecule has 0 aliphatic rings. The predicted octanol–water partition coefficient (Wildman–Crippen LogP) is 2.78. The second-order valence-corrected chi connectivity index (χ2v) is 2.11. The van der Waals surface area contributed by atoms with Gasteiger partial charge in [0.05, 0.1) is 0 Å². The van der Waals surface area contributed by atoms with Gasteiger partial charge in [0, 0.05) is 13.2 Å². The van der Waals surface area contributed by atoms with E-state index >= 15 is 0 Å². The van der Waals surface area contributed by atoms with E-state index in [0.29, 0.717) is 5.69 Å². The molecule has 2 N–H and O–H groups in total. The summed E-state index contributed by atoms with van der Waals surface area (Å²) in [5.41, 5.74) is 1.54. The number of hydrogen-bond acceptors (Lipinski definition) is 2. The maximum Gasteiger partial charge on any atom is 0.271 e. The topological polar surface area (TPSA) is 44.9 Å². The summed E-state index contributed by atoms with van der Waals surface area (Å²) in [6, 6.07) is 1.85. The lowest BCUT2D eigenvalue weighted by molar-refractivity contribution is 1.20. The number of H-pyrrole nitrogens is 1. The monoisotopic (exact) mass is 198 g/mol. The largest absolute Gasteiger partial charge is 0.383 e. The van der Waals surface area contributed by atoms with Gasteiger partial charge in [-0.1, -0.05) is 27.7 Å². The molecule has 0 saturated heterocycles. The zero-order valence-electron chi connectivity index (χ0n) is 10.1. The van der Waals surface area contributed by atoms with Crippen LogP contribution >= 0.6 is 0 Å². The van der Waals surface area contributed by atoms with Crippen LogP contribution in [0.3, 0.4) is 0 Å². The van der Waals surface area contributed by atoms with Crippen LogP contribution in [0.15, 0.2) is 17.1 Å². The summed E-state index contributed by atoms with van der Waals surface area (Å²) < 4.78 is 0. The average molecular weight is 198 g/mol. The molecule has 0 radical (unpaired) electrons. The van der Waals surface area contributed by atoms with E-state index in [9.17, 15) is 4.79 Å². The van der Waals surface area contributed by atoms with Gasteiger partial charge >= 0.3 is 0 Å². The van der Waals surface area contributed by atoms with E-state index in [1.165, 1.54) is 0 Å². The van der Waals surface area contributed by atoms with Crippen LogP contribution in [0.5, 0.6) is 0 Å². The molecular weight excluding hydrogens is 176 g/mol. The first-order valence-corrected chi connectivity index (χ1v) is 5.11. The first-order chi connectivity index (χ1) is 6.75. The van der Waals surface area contributed by atoms with Gasteiger partial charge in [0.25, 0.3) is 5.56 Å². The molecule has 0 aliphatic heterocycles. The highest BCUT2D eigenvalue weighted by Crippen LogP contribution is 2.03. The number of aromatic nitrogens is 1. The van der Waals surface area contributed by atoms with Crippen LogP contribution in [0.1, 0.15) is 33.3 Å². The maximum atomic E-state index is 11.0. The Labute approximate surface area is 86.6 Å². The van der Waals surface area contributed by atoms with E-state index in [0.717, 1.165) is 5.56 Å². The van der Waals surface area contributed by atoms with Gasteiger partial charge in [-0.25, -0.2) is 0 Å². The molecule has 1 heterocycles. The lowest BCUT2D eigenvalue weighted by atomic mass is 10.2. The maximum absolute atomic E-state index is 11.0. The predicted molar refractivity (Wildman–Crippen MR) is 64.0 cm³/mol. The fourth-order valence-electron chi connectivity index (χ4n) is 0.888. The molecule has 3 nitrogen and oxygen atoms in total. The van der Waals surface area contributed by atoms with Crippen molar-refractivity contribution >= 4 is 5.69 Å². The summed E-state index contributed by atoms with van der Waals surface area (Å²) in [5.74, 6) is 0. The van der Waals surface area contributed by atoms with Crippen molar-refractivity contribution in [2.75, 3.05) is 12.4 Å². The number of aromatic amines is 1. The van der Waals surface area contributed by atoms with E-state index in [1.54, 1.807) is 13.2 Å². The van der Waals surface area contributed by atoms with Gasteiger partial charge in [0.2, 0.25) is 0 Å². The second kappa shape index (κ2) is 9.84. The fraction of sp³-hybridized carbons (Fsp3) is 0.545. The number of rotatable bonds is 1. The standard InChI is InChI=1S/C7H10N2O.2C2H6/c1-5-3-4-9-7(10)6(5)8-2;2*1-2/h3-4,8H,1-2H3,(H,9,10);2*1-2H3. The van der Waals surface area contributed by atoms with Crippen molar-refractivity contribution in [2.45, 2.75) is 34.6 Å². The number of anilines is 1. The molecule has 0 saturated carbocycles. The van der Waals surface area contributed by atoms with Gasteiger partial charge in [0.1, 0.15) is 5.69 Å². The van der Waals surface area contributed by atoms with E-state index in [4.69, 9.17) is 0 Å². The Balaban J connectivity index is 0. The Hall–Kier alpha value is -1.25. The molecule has 82 valence electrons. The molecule has 0 aromatic carbocycles. The lowest BCUT2D eigenvalue weighted by Crippen LogP contribution is -2.11. The minimum absolute atomic E-state index is 0.0671. The molecule has 0 spiro atoms. The summed E-state index contributed by atoms with van der Waals surface area (Å²) in [4.78, 5) is 13.5. The highest BCUT2D eigenvalue weighted by Gasteiger charge is 1.97. The number of aryl methyl sites for hydroxylation is 1. The van der Waals surface area contributed by atoms with Crippen LogP contribution in [0.4, 0.5) is 5.69 Å². The number of hydrogen-bond donors (Lipinski definition) is 2. The third-order valence-corrected chi connectivity index (χ3v) is 1.42. The molecule has 0 fully saturated rings. The van der Waals surface area contributed by atoms with Gasteiger partial charge < -0.3 is 10.3 Å². The normalized spacial score (nSPS) is 7.57. The molecule has 0 amide bonds. The van der Waals surface area contributed by atoms with Gasteiger partial charge in [-0.3, -0.25) is 4.79 Å². The Bertz CT molecular complexity index is 279. The molecule has 0 unspecified atom stereocenters. The zero-order chi connectivity index (χ0) is 11.6. The quantitative estimate of drug-likeness (QED) is 0.728. The van der Waals surface area contributed by atoms with E-state index in [-0.39, 0.29) is 5.56 Å². The van der Waals surface area contributed by atoms with Crippen LogP contribution in [0, 0.1) is 6.92 Å². The van der Waals surface area contributed by atoms with Crippen molar-refractivity contribution in [3.63, 3.8) is 0 Å². The highest BCUT2D eigenvalue weighted by molar-refractivity contribution is 5.46. The second-order valence-electron chi connectivity index (χ2n) is 2.11. The molecule has 1 aromatic heterocycles.